The van der Waals surface area contributed by atoms with Crippen LogP contribution in [0.3, 0.4) is 0 Å². The summed E-state index contributed by atoms with van der Waals surface area (Å²) in [5, 5.41) is 5.70. The van der Waals surface area contributed by atoms with E-state index in [9.17, 15) is 13.2 Å². The number of nitrogens with one attached hydrogen (secondary N) is 2. The quantitative estimate of drug-likeness (QED) is 0.631. The summed E-state index contributed by atoms with van der Waals surface area (Å²) in [6.07, 6.45) is 1.54. The zero-order chi connectivity index (χ0) is 17.3. The Kier molecular flexibility index (Phi) is 8.22. The van der Waals surface area contributed by atoms with E-state index in [4.69, 9.17) is 0 Å². The van der Waals surface area contributed by atoms with Gasteiger partial charge in [-0.15, -0.1) is 0 Å². The second-order valence-electron chi connectivity index (χ2n) is 5.29. The lowest BCUT2D eigenvalue weighted by Crippen LogP contribution is -2.32. The highest BCUT2D eigenvalue weighted by Crippen LogP contribution is 2.17. The Morgan fingerprint density at radius 3 is 2.09 bits per heavy atom. The SMILES string of the molecule is CCCN(CCC)S(=O)(=O)c1ccc(C(=O)NCCNC)cc1. The number of carbonyl (C=O) groups is 1. The van der Waals surface area contributed by atoms with Crippen LogP contribution in [0, 0.1) is 0 Å². The fraction of sp³-hybridized carbons (Fsp3) is 0.562. The highest BCUT2D eigenvalue weighted by atomic mass is 32.2. The zero-order valence-corrected chi connectivity index (χ0v) is 14.9. The van der Waals surface area contributed by atoms with Crippen LogP contribution in [0.4, 0.5) is 0 Å². The van der Waals surface area contributed by atoms with E-state index in [2.05, 4.69) is 10.6 Å². The molecule has 0 aliphatic carbocycles. The fourth-order valence-electron chi connectivity index (χ4n) is 2.18. The standard InChI is InChI=1S/C16H27N3O3S/c1-4-12-19(13-5-2)23(21,22)15-8-6-14(7-9-15)16(20)18-11-10-17-3/h6-9,17H,4-5,10-13H2,1-3H3,(H,18,20). The van der Waals surface area contributed by atoms with Gasteiger partial charge in [0.15, 0.2) is 0 Å². The van der Waals surface area contributed by atoms with Gasteiger partial charge in [0, 0.05) is 31.7 Å². The van der Waals surface area contributed by atoms with Gasteiger partial charge in [0.2, 0.25) is 10.0 Å². The van der Waals surface area contributed by atoms with E-state index in [0.29, 0.717) is 31.7 Å². The van der Waals surface area contributed by atoms with E-state index in [0.717, 1.165) is 12.8 Å². The van der Waals surface area contributed by atoms with Crippen molar-refractivity contribution in [3.63, 3.8) is 0 Å². The zero-order valence-electron chi connectivity index (χ0n) is 14.1. The normalized spacial score (nSPS) is 11.7. The molecule has 1 rings (SSSR count). The molecule has 2 N–H and O–H groups in total. The number of carbonyl (C=O) groups excluding carboxylic acids is 1. The van der Waals surface area contributed by atoms with Gasteiger partial charge in [-0.3, -0.25) is 4.79 Å². The van der Waals surface area contributed by atoms with Gasteiger partial charge < -0.3 is 10.6 Å². The summed E-state index contributed by atoms with van der Waals surface area (Å²) in [4.78, 5) is 12.1. The van der Waals surface area contributed by atoms with Gasteiger partial charge in [-0.05, 0) is 44.2 Å². The largest absolute Gasteiger partial charge is 0.351 e. The molecule has 0 atom stereocenters. The van der Waals surface area contributed by atoms with Crippen molar-refractivity contribution in [2.24, 2.45) is 0 Å². The summed E-state index contributed by atoms with van der Waals surface area (Å²) in [6.45, 7) is 6.12. The summed E-state index contributed by atoms with van der Waals surface area (Å²) in [7, 11) is -1.69. The molecular weight excluding hydrogens is 314 g/mol. The third kappa shape index (κ3) is 5.60. The van der Waals surface area contributed by atoms with E-state index in [1.54, 1.807) is 12.1 Å². The van der Waals surface area contributed by atoms with Gasteiger partial charge in [0.25, 0.3) is 5.91 Å². The molecule has 0 bridgehead atoms. The molecule has 0 aromatic heterocycles. The molecule has 0 unspecified atom stereocenters. The van der Waals surface area contributed by atoms with Crippen LogP contribution in [0.2, 0.25) is 0 Å². The second kappa shape index (κ2) is 9.64. The van der Waals surface area contributed by atoms with Crippen molar-refractivity contribution in [1.82, 2.24) is 14.9 Å². The first kappa shape index (κ1) is 19.6. The summed E-state index contributed by atoms with van der Waals surface area (Å²) < 4.78 is 26.7. The predicted octanol–water partition coefficient (Wildman–Crippen LogP) is 1.45. The van der Waals surface area contributed by atoms with Crippen molar-refractivity contribution < 1.29 is 13.2 Å². The average Bonchev–Trinajstić information content (AvgIpc) is 2.55. The smallest absolute Gasteiger partial charge is 0.251 e. The van der Waals surface area contributed by atoms with Gasteiger partial charge in [0.1, 0.15) is 0 Å². The van der Waals surface area contributed by atoms with E-state index in [1.165, 1.54) is 16.4 Å². The van der Waals surface area contributed by atoms with Crippen LogP contribution in [0.5, 0.6) is 0 Å². The Morgan fingerprint density at radius 1 is 1.04 bits per heavy atom. The first-order valence-corrected chi connectivity index (χ1v) is 9.44. The fourth-order valence-corrected chi connectivity index (χ4v) is 3.81. The molecule has 1 amide bonds. The van der Waals surface area contributed by atoms with Crippen molar-refractivity contribution in [1.29, 1.82) is 0 Å². The Labute approximate surface area is 139 Å². The lowest BCUT2D eigenvalue weighted by atomic mass is 10.2. The lowest BCUT2D eigenvalue weighted by molar-refractivity contribution is 0.0954. The molecule has 130 valence electrons. The van der Waals surface area contributed by atoms with Crippen molar-refractivity contribution in [2.75, 3.05) is 33.2 Å². The highest BCUT2D eigenvalue weighted by molar-refractivity contribution is 7.89. The first-order valence-electron chi connectivity index (χ1n) is 8.00. The molecule has 7 heteroatoms. The minimum absolute atomic E-state index is 0.205. The third-order valence-electron chi connectivity index (χ3n) is 3.36. The molecule has 6 nitrogen and oxygen atoms in total. The van der Waals surface area contributed by atoms with E-state index in [-0.39, 0.29) is 10.8 Å². The molecule has 0 radical (unpaired) electrons. The molecular formula is C16H27N3O3S. The Bertz CT molecular complexity index is 579. The number of rotatable bonds is 10. The molecule has 0 fully saturated rings. The van der Waals surface area contributed by atoms with E-state index >= 15 is 0 Å². The molecule has 1 aromatic carbocycles. The molecule has 0 saturated heterocycles. The number of nitrogens with zero attached hydrogens (tertiary/aromatic N) is 1. The topological polar surface area (TPSA) is 78.5 Å². The summed E-state index contributed by atoms with van der Waals surface area (Å²) in [6, 6.07) is 6.11. The third-order valence-corrected chi connectivity index (χ3v) is 5.27. The monoisotopic (exact) mass is 341 g/mol. The summed E-state index contributed by atoms with van der Waals surface area (Å²) in [5.74, 6) is -0.205. The predicted molar refractivity (Wildman–Crippen MR) is 92.0 cm³/mol. The van der Waals surface area contributed by atoms with Crippen LogP contribution >= 0.6 is 0 Å². The maximum absolute atomic E-state index is 12.6. The van der Waals surface area contributed by atoms with Gasteiger partial charge >= 0.3 is 0 Å². The van der Waals surface area contributed by atoms with Crippen LogP contribution in [0.15, 0.2) is 29.2 Å². The maximum atomic E-state index is 12.6. The number of likely N-dealkylation sites (N-methyl/N-ethyl adjacent to an activating group) is 1. The first-order chi connectivity index (χ1) is 11.0. The molecule has 0 spiro atoms. The number of hydrogen-bond acceptors (Lipinski definition) is 4. The van der Waals surface area contributed by atoms with Crippen molar-refractivity contribution in [3.8, 4) is 0 Å². The van der Waals surface area contributed by atoms with E-state index < -0.39 is 10.0 Å². The Hall–Kier alpha value is -1.44. The van der Waals surface area contributed by atoms with Gasteiger partial charge in [-0.1, -0.05) is 13.8 Å². The average molecular weight is 341 g/mol. The Balaban J connectivity index is 2.87. The van der Waals surface area contributed by atoms with Crippen LogP contribution in [0.1, 0.15) is 37.0 Å². The van der Waals surface area contributed by atoms with E-state index in [1.807, 2.05) is 20.9 Å². The minimum atomic E-state index is -3.50. The summed E-state index contributed by atoms with van der Waals surface area (Å²) in [5.41, 5.74) is 0.456. The molecule has 0 heterocycles. The number of amides is 1. The summed E-state index contributed by atoms with van der Waals surface area (Å²) >= 11 is 0. The molecule has 0 saturated carbocycles. The molecule has 0 aliphatic rings. The van der Waals surface area contributed by atoms with Crippen LogP contribution in [-0.4, -0.2) is 51.9 Å². The van der Waals surface area contributed by atoms with Crippen molar-refractivity contribution in [3.05, 3.63) is 29.8 Å². The number of hydrogen-bond donors (Lipinski definition) is 2. The number of benzene rings is 1. The van der Waals surface area contributed by atoms with Crippen LogP contribution < -0.4 is 10.6 Å². The number of sulfonamides is 1. The van der Waals surface area contributed by atoms with Gasteiger partial charge in [-0.25, -0.2) is 8.42 Å². The molecule has 1 aromatic rings. The van der Waals surface area contributed by atoms with Gasteiger partial charge in [-0.2, -0.15) is 4.31 Å². The lowest BCUT2D eigenvalue weighted by Gasteiger charge is -2.21. The van der Waals surface area contributed by atoms with Crippen molar-refractivity contribution in [2.45, 2.75) is 31.6 Å². The van der Waals surface area contributed by atoms with Crippen LogP contribution in [0.25, 0.3) is 0 Å². The van der Waals surface area contributed by atoms with Crippen LogP contribution in [-0.2, 0) is 10.0 Å². The van der Waals surface area contributed by atoms with Gasteiger partial charge in [0.05, 0.1) is 4.90 Å². The highest BCUT2D eigenvalue weighted by Gasteiger charge is 2.23. The second-order valence-corrected chi connectivity index (χ2v) is 7.23. The van der Waals surface area contributed by atoms with Crippen molar-refractivity contribution >= 4 is 15.9 Å². The molecule has 0 aliphatic heterocycles. The minimum Gasteiger partial charge on any atom is -0.351 e. The molecule has 23 heavy (non-hydrogen) atoms. The Morgan fingerprint density at radius 2 is 1.61 bits per heavy atom. The maximum Gasteiger partial charge on any atom is 0.251 e.